The van der Waals surface area contributed by atoms with Crippen LogP contribution < -0.4 is 5.32 Å². The maximum absolute atomic E-state index is 13.6. The number of hydrogen-bond donors (Lipinski definition) is 1. The first-order valence-electron chi connectivity index (χ1n) is 10.5. The van der Waals surface area contributed by atoms with Crippen molar-refractivity contribution < 1.29 is 27.8 Å². The topological polar surface area (TPSA) is 95.3 Å². The van der Waals surface area contributed by atoms with E-state index in [4.69, 9.17) is 9.47 Å². The van der Waals surface area contributed by atoms with Crippen molar-refractivity contribution in [3.8, 4) is 0 Å². The Morgan fingerprint density at radius 2 is 2.09 bits per heavy atom. The number of aryl methyl sites for hydroxylation is 1. The number of fused-ring (bicyclic) bond motifs is 1. The van der Waals surface area contributed by atoms with Gasteiger partial charge in [-0.15, -0.1) is 0 Å². The number of carbonyl (C=O) groups is 2. The van der Waals surface area contributed by atoms with Crippen molar-refractivity contribution in [2.24, 2.45) is 13.0 Å². The van der Waals surface area contributed by atoms with E-state index in [1.165, 1.54) is 19.2 Å². The smallest absolute Gasteiger partial charge is 0.340 e. The molecule has 1 fully saturated rings. The van der Waals surface area contributed by atoms with Gasteiger partial charge in [0.1, 0.15) is 17.2 Å². The third-order valence-corrected chi connectivity index (χ3v) is 5.69. The van der Waals surface area contributed by atoms with Gasteiger partial charge in [-0.25, -0.2) is 14.8 Å². The Kier molecular flexibility index (Phi) is 6.11. The molecule has 1 N–H and O–H groups in total. The predicted octanol–water partition coefficient (Wildman–Crippen LogP) is 3.70. The average molecular weight is 458 g/mol. The fourth-order valence-electron chi connectivity index (χ4n) is 3.85. The van der Waals surface area contributed by atoms with Crippen LogP contribution in [0.15, 0.2) is 30.3 Å². The number of nitrogens with zero attached hydrogens (tertiary/aromatic N) is 3. The molecule has 1 amide bonds. The molecule has 33 heavy (non-hydrogen) atoms. The molecular weight excluding hydrogens is 434 g/mol. The maximum Gasteiger partial charge on any atom is 0.340 e. The Morgan fingerprint density at radius 3 is 2.76 bits per heavy atom. The van der Waals surface area contributed by atoms with Gasteiger partial charge in [-0.05, 0) is 36.6 Å². The molecule has 1 unspecified atom stereocenters. The second kappa shape index (κ2) is 8.86. The minimum Gasteiger partial charge on any atom is -0.465 e. The standard InChI is InChI=1S/C23H24F2N4O4/c1-23(24,25)19-6-4-5-15(26-19)21(30)28-16-11-18-17(10-14(16)22(31)32-3)27-20(29(18)2)9-13-7-8-33-12-13/h4-6,10-11,13H,7-9,12H2,1-3H3,(H,28,30). The number of amides is 1. The Labute approximate surface area is 188 Å². The summed E-state index contributed by atoms with van der Waals surface area (Å²) in [6.45, 7) is 2.12. The van der Waals surface area contributed by atoms with Crippen LogP contribution in [0.2, 0.25) is 0 Å². The molecule has 1 saturated heterocycles. The SMILES string of the molecule is COC(=O)c1cc2nc(CC3CCOC3)n(C)c2cc1NC(=O)c1cccc(C(C)(F)F)n1. The lowest BCUT2D eigenvalue weighted by Gasteiger charge is -2.13. The van der Waals surface area contributed by atoms with Crippen molar-refractivity contribution in [2.45, 2.75) is 25.7 Å². The number of rotatable bonds is 6. The largest absolute Gasteiger partial charge is 0.465 e. The van der Waals surface area contributed by atoms with E-state index in [1.807, 2.05) is 11.6 Å². The molecule has 8 nitrogen and oxygen atoms in total. The minimum absolute atomic E-state index is 0.101. The first-order chi connectivity index (χ1) is 15.7. The second-order valence-electron chi connectivity index (χ2n) is 8.15. The summed E-state index contributed by atoms with van der Waals surface area (Å²) in [6, 6.07) is 6.98. The van der Waals surface area contributed by atoms with Crippen LogP contribution in [0, 0.1) is 5.92 Å². The van der Waals surface area contributed by atoms with E-state index < -0.39 is 23.5 Å². The molecule has 0 aliphatic carbocycles. The molecule has 10 heteroatoms. The number of ether oxygens (including phenoxy) is 2. The van der Waals surface area contributed by atoms with Crippen molar-refractivity contribution in [1.82, 2.24) is 14.5 Å². The van der Waals surface area contributed by atoms with Crippen molar-refractivity contribution in [3.63, 3.8) is 0 Å². The van der Waals surface area contributed by atoms with E-state index in [9.17, 15) is 18.4 Å². The molecule has 3 heterocycles. The van der Waals surface area contributed by atoms with Crippen molar-refractivity contribution >= 4 is 28.6 Å². The number of aromatic nitrogens is 3. The Hall–Kier alpha value is -3.40. The molecule has 3 aromatic rings. The van der Waals surface area contributed by atoms with Gasteiger partial charge < -0.3 is 19.4 Å². The Balaban J connectivity index is 1.70. The van der Waals surface area contributed by atoms with E-state index >= 15 is 0 Å². The molecule has 0 bridgehead atoms. The zero-order valence-corrected chi connectivity index (χ0v) is 18.5. The Morgan fingerprint density at radius 1 is 1.30 bits per heavy atom. The third kappa shape index (κ3) is 4.70. The van der Waals surface area contributed by atoms with Gasteiger partial charge in [0.05, 0.1) is 29.4 Å². The van der Waals surface area contributed by atoms with Crippen LogP contribution >= 0.6 is 0 Å². The van der Waals surface area contributed by atoms with E-state index in [-0.39, 0.29) is 16.9 Å². The number of hydrogen-bond acceptors (Lipinski definition) is 6. The molecule has 1 aliphatic heterocycles. The predicted molar refractivity (Wildman–Crippen MR) is 116 cm³/mol. The summed E-state index contributed by atoms with van der Waals surface area (Å²) in [4.78, 5) is 33.6. The molecule has 1 atom stereocenters. The normalized spacial score (nSPS) is 16.2. The molecule has 1 aromatic carbocycles. The number of esters is 1. The summed E-state index contributed by atoms with van der Waals surface area (Å²) in [5, 5.41) is 2.61. The number of imidazole rings is 1. The zero-order valence-electron chi connectivity index (χ0n) is 18.5. The van der Waals surface area contributed by atoms with Crippen molar-refractivity contribution in [1.29, 1.82) is 0 Å². The van der Waals surface area contributed by atoms with Gasteiger partial charge in [0.25, 0.3) is 11.8 Å². The van der Waals surface area contributed by atoms with Gasteiger partial charge in [-0.1, -0.05) is 6.07 Å². The lowest BCUT2D eigenvalue weighted by molar-refractivity contribution is 0.0126. The molecule has 0 radical (unpaired) electrons. The van der Waals surface area contributed by atoms with Crippen molar-refractivity contribution in [2.75, 3.05) is 25.6 Å². The van der Waals surface area contributed by atoms with Gasteiger partial charge in [-0.3, -0.25) is 4.79 Å². The molecule has 2 aromatic heterocycles. The van der Waals surface area contributed by atoms with Gasteiger partial charge in [-0.2, -0.15) is 8.78 Å². The second-order valence-corrected chi connectivity index (χ2v) is 8.15. The zero-order chi connectivity index (χ0) is 23.8. The number of pyridine rings is 1. The van der Waals surface area contributed by atoms with Crippen LogP contribution in [0.4, 0.5) is 14.5 Å². The summed E-state index contributed by atoms with van der Waals surface area (Å²) in [5.74, 6) is -3.38. The van der Waals surface area contributed by atoms with Crippen molar-refractivity contribution in [3.05, 3.63) is 53.1 Å². The first-order valence-corrected chi connectivity index (χ1v) is 10.5. The minimum atomic E-state index is -3.19. The lowest BCUT2D eigenvalue weighted by atomic mass is 10.1. The fourth-order valence-corrected chi connectivity index (χ4v) is 3.85. The molecular formula is C23H24F2N4O4. The highest BCUT2D eigenvalue weighted by atomic mass is 19.3. The highest BCUT2D eigenvalue weighted by Crippen LogP contribution is 2.28. The van der Waals surface area contributed by atoms with Crippen LogP contribution in [0.3, 0.4) is 0 Å². The third-order valence-electron chi connectivity index (χ3n) is 5.69. The summed E-state index contributed by atoms with van der Waals surface area (Å²) in [6.07, 6.45) is 1.68. The summed E-state index contributed by atoms with van der Waals surface area (Å²) in [7, 11) is 3.09. The molecule has 174 valence electrons. The summed E-state index contributed by atoms with van der Waals surface area (Å²) in [5.41, 5.74) is 0.838. The molecule has 0 spiro atoms. The van der Waals surface area contributed by atoms with Gasteiger partial charge in [0.2, 0.25) is 0 Å². The first kappa shape index (κ1) is 22.8. The summed E-state index contributed by atoms with van der Waals surface area (Å²) < 4.78 is 39.5. The number of anilines is 1. The number of halogens is 2. The number of carbonyl (C=O) groups excluding carboxylic acids is 2. The van der Waals surface area contributed by atoms with Crippen LogP contribution in [0.5, 0.6) is 0 Å². The maximum atomic E-state index is 13.6. The van der Waals surface area contributed by atoms with Gasteiger partial charge in [0, 0.05) is 33.6 Å². The van der Waals surface area contributed by atoms with E-state index in [2.05, 4.69) is 15.3 Å². The lowest BCUT2D eigenvalue weighted by Crippen LogP contribution is -2.19. The number of nitrogens with one attached hydrogen (secondary N) is 1. The Bertz CT molecular complexity index is 1210. The quantitative estimate of drug-likeness (QED) is 0.566. The van der Waals surface area contributed by atoms with E-state index in [0.717, 1.165) is 31.3 Å². The molecule has 4 rings (SSSR count). The molecule has 0 saturated carbocycles. The van der Waals surface area contributed by atoms with Crippen LogP contribution in [0.1, 0.15) is 45.7 Å². The van der Waals surface area contributed by atoms with E-state index in [1.54, 1.807) is 12.1 Å². The highest BCUT2D eigenvalue weighted by molar-refractivity contribution is 6.09. The number of alkyl halides is 2. The highest BCUT2D eigenvalue weighted by Gasteiger charge is 2.27. The summed E-state index contributed by atoms with van der Waals surface area (Å²) >= 11 is 0. The number of methoxy groups -OCH3 is 1. The fraction of sp³-hybridized carbons (Fsp3) is 0.391. The van der Waals surface area contributed by atoms with Crippen LogP contribution in [-0.4, -0.2) is 46.7 Å². The van der Waals surface area contributed by atoms with Gasteiger partial charge in [0.15, 0.2) is 0 Å². The van der Waals surface area contributed by atoms with E-state index in [0.29, 0.717) is 30.5 Å². The van der Waals surface area contributed by atoms with Crippen LogP contribution in [-0.2, 0) is 28.9 Å². The number of benzene rings is 1. The monoisotopic (exact) mass is 458 g/mol. The average Bonchev–Trinajstić information content (AvgIpc) is 3.40. The molecule has 1 aliphatic rings. The van der Waals surface area contributed by atoms with Crippen LogP contribution in [0.25, 0.3) is 11.0 Å². The van der Waals surface area contributed by atoms with Gasteiger partial charge >= 0.3 is 5.97 Å².